The first-order valence-corrected chi connectivity index (χ1v) is 12.4. The minimum Gasteiger partial charge on any atom is -0.378 e. The van der Waals surface area contributed by atoms with Crippen molar-refractivity contribution in [3.63, 3.8) is 0 Å². The van der Waals surface area contributed by atoms with E-state index in [2.05, 4.69) is 39.6 Å². The molecule has 7 heteroatoms. The van der Waals surface area contributed by atoms with E-state index in [1.54, 1.807) is 6.07 Å². The van der Waals surface area contributed by atoms with Gasteiger partial charge in [-0.3, -0.25) is 4.98 Å². The van der Waals surface area contributed by atoms with Gasteiger partial charge < -0.3 is 15.5 Å². The second kappa shape index (κ2) is 10.7. The van der Waals surface area contributed by atoms with E-state index in [-0.39, 0.29) is 12.0 Å². The SMILES string of the molecule is Cc1cccc(CC(C)C(=S)Nc2ccc3c(c2N(C)C)CCCC3Nc2ccc(F)c(F)c2)n1. The summed E-state index contributed by atoms with van der Waals surface area (Å²) in [6.45, 7) is 4.12. The Morgan fingerprint density at radius 2 is 1.94 bits per heavy atom. The van der Waals surface area contributed by atoms with Crippen LogP contribution in [0.15, 0.2) is 48.5 Å². The summed E-state index contributed by atoms with van der Waals surface area (Å²) in [6, 6.07) is 14.2. The topological polar surface area (TPSA) is 40.2 Å². The quantitative estimate of drug-likeness (QED) is 0.352. The van der Waals surface area contributed by atoms with Crippen LogP contribution in [0.1, 0.15) is 48.3 Å². The Labute approximate surface area is 211 Å². The lowest BCUT2D eigenvalue weighted by Gasteiger charge is -2.32. The molecule has 1 aliphatic carbocycles. The number of hydrogen-bond acceptors (Lipinski definition) is 4. The number of nitrogens with one attached hydrogen (secondary N) is 2. The fraction of sp³-hybridized carbons (Fsp3) is 0.357. The Morgan fingerprint density at radius 3 is 2.66 bits per heavy atom. The van der Waals surface area contributed by atoms with E-state index in [4.69, 9.17) is 12.2 Å². The van der Waals surface area contributed by atoms with Crippen molar-refractivity contribution in [2.24, 2.45) is 5.92 Å². The van der Waals surface area contributed by atoms with Gasteiger partial charge in [-0.2, -0.15) is 0 Å². The number of anilines is 3. The fourth-order valence-electron chi connectivity index (χ4n) is 4.80. The molecule has 184 valence electrons. The summed E-state index contributed by atoms with van der Waals surface area (Å²) >= 11 is 5.79. The highest BCUT2D eigenvalue weighted by Crippen LogP contribution is 2.41. The van der Waals surface area contributed by atoms with Gasteiger partial charge >= 0.3 is 0 Å². The van der Waals surface area contributed by atoms with Gasteiger partial charge in [0.1, 0.15) is 0 Å². The Kier molecular flexibility index (Phi) is 7.65. The van der Waals surface area contributed by atoms with E-state index in [9.17, 15) is 8.78 Å². The van der Waals surface area contributed by atoms with Crippen LogP contribution in [0.5, 0.6) is 0 Å². The molecule has 1 aliphatic rings. The first kappa shape index (κ1) is 25.0. The van der Waals surface area contributed by atoms with Crippen molar-refractivity contribution >= 4 is 34.3 Å². The highest BCUT2D eigenvalue weighted by Gasteiger charge is 2.26. The Balaban J connectivity index is 1.56. The maximum Gasteiger partial charge on any atom is 0.160 e. The largest absolute Gasteiger partial charge is 0.378 e. The second-order valence-electron chi connectivity index (χ2n) is 9.51. The molecule has 1 aromatic heterocycles. The van der Waals surface area contributed by atoms with Gasteiger partial charge in [-0.1, -0.05) is 31.3 Å². The van der Waals surface area contributed by atoms with Crippen molar-refractivity contribution in [2.75, 3.05) is 29.6 Å². The molecule has 4 rings (SSSR count). The lowest BCUT2D eigenvalue weighted by Crippen LogP contribution is -2.25. The van der Waals surface area contributed by atoms with Gasteiger partial charge in [-0.15, -0.1) is 0 Å². The summed E-state index contributed by atoms with van der Waals surface area (Å²) < 4.78 is 27.1. The van der Waals surface area contributed by atoms with Crippen molar-refractivity contribution in [1.82, 2.24) is 4.98 Å². The molecule has 35 heavy (non-hydrogen) atoms. The fourth-order valence-corrected chi connectivity index (χ4v) is 5.00. The summed E-state index contributed by atoms with van der Waals surface area (Å²) in [7, 11) is 4.08. The molecule has 2 N–H and O–H groups in total. The molecule has 0 fully saturated rings. The number of halogens is 2. The zero-order chi connectivity index (χ0) is 25.1. The van der Waals surface area contributed by atoms with E-state index in [0.29, 0.717) is 5.69 Å². The van der Waals surface area contributed by atoms with Crippen molar-refractivity contribution in [2.45, 2.75) is 45.6 Å². The van der Waals surface area contributed by atoms with Crippen molar-refractivity contribution in [3.05, 3.63) is 82.7 Å². The smallest absolute Gasteiger partial charge is 0.160 e. The summed E-state index contributed by atoms with van der Waals surface area (Å²) in [4.78, 5) is 7.51. The Bertz CT molecular complexity index is 1230. The molecule has 3 aromatic rings. The monoisotopic (exact) mass is 494 g/mol. The van der Waals surface area contributed by atoms with Gasteiger partial charge in [0.2, 0.25) is 0 Å². The van der Waals surface area contributed by atoms with E-state index in [0.717, 1.165) is 59.5 Å². The van der Waals surface area contributed by atoms with Crippen LogP contribution in [0.4, 0.5) is 25.8 Å². The molecule has 2 aromatic carbocycles. The van der Waals surface area contributed by atoms with Crippen LogP contribution in [-0.4, -0.2) is 24.1 Å². The van der Waals surface area contributed by atoms with Gasteiger partial charge in [0, 0.05) is 43.2 Å². The van der Waals surface area contributed by atoms with Gasteiger partial charge in [0.15, 0.2) is 11.6 Å². The molecular formula is C28H32F2N4S. The molecule has 2 atom stereocenters. The zero-order valence-electron chi connectivity index (χ0n) is 20.7. The summed E-state index contributed by atoms with van der Waals surface area (Å²) in [5.41, 5.74) is 7.14. The van der Waals surface area contributed by atoms with Crippen molar-refractivity contribution in [1.29, 1.82) is 0 Å². The number of thiocarbonyl (C=S) groups is 1. The van der Waals surface area contributed by atoms with Crippen LogP contribution >= 0.6 is 12.2 Å². The molecule has 0 bridgehead atoms. The molecule has 0 saturated heterocycles. The van der Waals surface area contributed by atoms with E-state index in [1.165, 1.54) is 17.2 Å². The van der Waals surface area contributed by atoms with Crippen LogP contribution in [0.25, 0.3) is 0 Å². The van der Waals surface area contributed by atoms with Crippen LogP contribution < -0.4 is 15.5 Å². The summed E-state index contributed by atoms with van der Waals surface area (Å²) in [5, 5.41) is 6.91. The van der Waals surface area contributed by atoms with E-state index in [1.807, 2.05) is 39.2 Å². The molecule has 0 amide bonds. The van der Waals surface area contributed by atoms with E-state index >= 15 is 0 Å². The van der Waals surface area contributed by atoms with Crippen LogP contribution in [0.3, 0.4) is 0 Å². The molecule has 0 radical (unpaired) electrons. The van der Waals surface area contributed by atoms with Crippen LogP contribution in [-0.2, 0) is 12.8 Å². The zero-order valence-corrected chi connectivity index (χ0v) is 21.5. The number of pyridine rings is 1. The number of nitrogens with zero attached hydrogens (tertiary/aromatic N) is 2. The maximum atomic E-state index is 13.8. The molecular weight excluding hydrogens is 462 g/mol. The molecule has 4 nitrogen and oxygen atoms in total. The van der Waals surface area contributed by atoms with Crippen molar-refractivity contribution in [3.8, 4) is 0 Å². The van der Waals surface area contributed by atoms with Gasteiger partial charge in [-0.05, 0) is 74.1 Å². The minimum atomic E-state index is -0.844. The van der Waals surface area contributed by atoms with Gasteiger partial charge in [0.05, 0.1) is 22.4 Å². The first-order valence-electron chi connectivity index (χ1n) is 12.0. The molecule has 0 spiro atoms. The van der Waals surface area contributed by atoms with Crippen LogP contribution in [0.2, 0.25) is 0 Å². The van der Waals surface area contributed by atoms with E-state index < -0.39 is 11.6 Å². The third kappa shape index (κ3) is 5.78. The van der Waals surface area contributed by atoms with Gasteiger partial charge in [-0.25, -0.2) is 8.78 Å². The minimum absolute atomic E-state index is 0.0228. The lowest BCUT2D eigenvalue weighted by molar-refractivity contribution is 0.508. The maximum absolute atomic E-state index is 13.8. The van der Waals surface area contributed by atoms with Crippen LogP contribution in [0, 0.1) is 24.5 Å². The number of benzene rings is 2. The average Bonchev–Trinajstić information content (AvgIpc) is 2.81. The highest BCUT2D eigenvalue weighted by atomic mass is 32.1. The summed E-state index contributed by atoms with van der Waals surface area (Å²) in [6.07, 6.45) is 3.64. The second-order valence-corrected chi connectivity index (χ2v) is 9.95. The summed E-state index contributed by atoms with van der Waals surface area (Å²) in [5.74, 6) is -1.55. The third-order valence-electron chi connectivity index (χ3n) is 6.49. The number of aryl methyl sites for hydroxylation is 1. The normalized spacial score (nSPS) is 15.8. The number of rotatable bonds is 7. The molecule has 1 heterocycles. The number of fused-ring (bicyclic) bond motifs is 1. The Morgan fingerprint density at radius 1 is 1.14 bits per heavy atom. The highest BCUT2D eigenvalue weighted by molar-refractivity contribution is 7.80. The third-order valence-corrected chi connectivity index (χ3v) is 6.99. The number of hydrogen-bond donors (Lipinski definition) is 2. The average molecular weight is 495 g/mol. The molecule has 0 saturated carbocycles. The lowest BCUT2D eigenvalue weighted by atomic mass is 9.85. The number of aromatic nitrogens is 1. The molecule has 0 aliphatic heterocycles. The Hall–Kier alpha value is -3.06. The van der Waals surface area contributed by atoms with Gasteiger partial charge in [0.25, 0.3) is 0 Å². The predicted molar refractivity (Wildman–Crippen MR) is 144 cm³/mol. The van der Waals surface area contributed by atoms with Crippen molar-refractivity contribution < 1.29 is 8.78 Å². The predicted octanol–water partition coefficient (Wildman–Crippen LogP) is 6.84. The molecule has 2 unspecified atom stereocenters. The standard InChI is InChI=1S/C28H32F2N4S/c1-17(15-19-8-5-7-18(2)31-19)28(35)33-26-14-12-21-22(27(26)34(3)4)9-6-10-25(21)32-20-11-13-23(29)24(30)16-20/h5,7-8,11-14,16-17,25,32H,6,9-10,15H2,1-4H3,(H,33,35). The first-order chi connectivity index (χ1) is 16.7.